The summed E-state index contributed by atoms with van der Waals surface area (Å²) in [5, 5.41) is 5.62. The lowest BCUT2D eigenvalue weighted by molar-refractivity contribution is 0.240. The number of amides is 2. The number of carbonyl (C=O) groups is 1. The van der Waals surface area contributed by atoms with Crippen LogP contribution in [0.5, 0.6) is 0 Å². The maximum atomic E-state index is 11.8. The van der Waals surface area contributed by atoms with Crippen molar-refractivity contribution in [2.24, 2.45) is 5.92 Å². The third-order valence-corrected chi connectivity index (χ3v) is 4.40. The third-order valence-electron chi connectivity index (χ3n) is 4.40. The zero-order valence-electron chi connectivity index (χ0n) is 14.0. The number of piperidine rings is 1. The molecule has 3 rings (SSSR count). The van der Waals surface area contributed by atoms with Crippen LogP contribution in [-0.2, 0) is 13.1 Å². The van der Waals surface area contributed by atoms with Gasteiger partial charge >= 0.3 is 6.03 Å². The average Bonchev–Trinajstić information content (AvgIpc) is 3.13. The molecule has 2 aromatic rings. The van der Waals surface area contributed by atoms with Gasteiger partial charge in [0.05, 0.1) is 12.5 Å². The minimum Gasteiger partial charge on any atom is -0.472 e. The molecule has 128 valence electrons. The van der Waals surface area contributed by atoms with E-state index in [2.05, 4.69) is 27.4 Å². The molecule has 0 spiro atoms. The highest BCUT2D eigenvalue weighted by Crippen LogP contribution is 2.21. The number of hydrogen-bond acceptors (Lipinski definition) is 4. The average molecular weight is 328 g/mol. The summed E-state index contributed by atoms with van der Waals surface area (Å²) in [6, 6.07) is 5.68. The van der Waals surface area contributed by atoms with E-state index in [1.54, 1.807) is 12.5 Å². The highest BCUT2D eigenvalue weighted by atomic mass is 16.3. The van der Waals surface area contributed by atoms with Crippen molar-refractivity contribution in [3.05, 3.63) is 48.0 Å². The van der Waals surface area contributed by atoms with Crippen molar-refractivity contribution in [3.8, 4) is 0 Å². The fraction of sp³-hybridized carbons (Fsp3) is 0.444. The first-order valence-electron chi connectivity index (χ1n) is 8.43. The number of anilines is 1. The molecule has 2 amide bonds. The van der Waals surface area contributed by atoms with E-state index in [4.69, 9.17) is 4.42 Å². The molecule has 1 aliphatic rings. The molecule has 6 heteroatoms. The Kier molecular flexibility index (Phi) is 5.36. The van der Waals surface area contributed by atoms with Gasteiger partial charge < -0.3 is 20.0 Å². The molecule has 2 aromatic heterocycles. The van der Waals surface area contributed by atoms with Gasteiger partial charge in [0.2, 0.25) is 0 Å². The van der Waals surface area contributed by atoms with Crippen LogP contribution in [0.4, 0.5) is 10.6 Å². The first-order chi connectivity index (χ1) is 11.7. The van der Waals surface area contributed by atoms with E-state index in [1.807, 2.05) is 24.4 Å². The summed E-state index contributed by atoms with van der Waals surface area (Å²) in [7, 11) is 0. The topological polar surface area (TPSA) is 70.4 Å². The van der Waals surface area contributed by atoms with E-state index in [-0.39, 0.29) is 6.03 Å². The van der Waals surface area contributed by atoms with Gasteiger partial charge in [-0.1, -0.05) is 13.0 Å². The first-order valence-corrected chi connectivity index (χ1v) is 8.43. The summed E-state index contributed by atoms with van der Waals surface area (Å²) >= 11 is 0. The number of nitrogens with one attached hydrogen (secondary N) is 2. The van der Waals surface area contributed by atoms with Gasteiger partial charge in [-0.25, -0.2) is 9.78 Å². The van der Waals surface area contributed by atoms with Crippen molar-refractivity contribution in [1.82, 2.24) is 15.6 Å². The van der Waals surface area contributed by atoms with E-state index in [0.29, 0.717) is 13.1 Å². The van der Waals surface area contributed by atoms with Gasteiger partial charge in [-0.3, -0.25) is 0 Å². The van der Waals surface area contributed by atoms with Crippen molar-refractivity contribution < 1.29 is 9.21 Å². The van der Waals surface area contributed by atoms with Crippen molar-refractivity contribution in [1.29, 1.82) is 0 Å². The fourth-order valence-electron chi connectivity index (χ4n) is 2.77. The molecule has 3 heterocycles. The van der Waals surface area contributed by atoms with E-state index in [1.165, 1.54) is 12.8 Å². The molecule has 1 saturated heterocycles. The minimum absolute atomic E-state index is 0.203. The molecule has 6 nitrogen and oxygen atoms in total. The Morgan fingerprint density at radius 3 is 2.58 bits per heavy atom. The van der Waals surface area contributed by atoms with Crippen molar-refractivity contribution in [3.63, 3.8) is 0 Å². The van der Waals surface area contributed by atoms with Crippen molar-refractivity contribution >= 4 is 11.8 Å². The van der Waals surface area contributed by atoms with Crippen LogP contribution >= 0.6 is 0 Å². The summed E-state index contributed by atoms with van der Waals surface area (Å²) in [5.74, 6) is 1.83. The number of carbonyl (C=O) groups excluding carboxylic acids is 1. The fourth-order valence-corrected chi connectivity index (χ4v) is 2.77. The molecular weight excluding hydrogens is 304 g/mol. The Morgan fingerprint density at radius 2 is 1.96 bits per heavy atom. The molecule has 0 bridgehead atoms. The Balaban J connectivity index is 1.43. The predicted octanol–water partition coefficient (Wildman–Crippen LogP) is 2.91. The Morgan fingerprint density at radius 1 is 1.21 bits per heavy atom. The second kappa shape index (κ2) is 7.86. The summed E-state index contributed by atoms with van der Waals surface area (Å²) in [5.41, 5.74) is 1.93. The number of hydrogen-bond donors (Lipinski definition) is 2. The largest absolute Gasteiger partial charge is 0.472 e. The summed E-state index contributed by atoms with van der Waals surface area (Å²) < 4.78 is 4.96. The summed E-state index contributed by atoms with van der Waals surface area (Å²) in [6.45, 7) is 5.36. The molecule has 0 aromatic carbocycles. The lowest BCUT2D eigenvalue weighted by atomic mass is 9.99. The second-order valence-corrected chi connectivity index (χ2v) is 6.36. The predicted molar refractivity (Wildman–Crippen MR) is 92.6 cm³/mol. The molecule has 0 aliphatic carbocycles. The van der Waals surface area contributed by atoms with Crippen LogP contribution in [-0.4, -0.2) is 24.1 Å². The van der Waals surface area contributed by atoms with E-state index in [0.717, 1.165) is 36.0 Å². The third kappa shape index (κ3) is 4.50. The number of furan rings is 1. The van der Waals surface area contributed by atoms with Crippen LogP contribution in [0.1, 0.15) is 30.9 Å². The molecule has 0 radical (unpaired) electrons. The number of urea groups is 1. The van der Waals surface area contributed by atoms with E-state index in [9.17, 15) is 4.79 Å². The van der Waals surface area contributed by atoms with Crippen molar-refractivity contribution in [2.75, 3.05) is 18.0 Å². The number of nitrogens with zero attached hydrogens (tertiary/aromatic N) is 2. The Hall–Kier alpha value is -2.50. The maximum absolute atomic E-state index is 11.8. The second-order valence-electron chi connectivity index (χ2n) is 6.36. The number of aromatic nitrogens is 1. The molecule has 0 unspecified atom stereocenters. The van der Waals surface area contributed by atoms with Crippen LogP contribution in [0, 0.1) is 5.92 Å². The van der Waals surface area contributed by atoms with E-state index < -0.39 is 0 Å². The van der Waals surface area contributed by atoms with Crippen LogP contribution in [0.15, 0.2) is 41.3 Å². The van der Waals surface area contributed by atoms with Crippen LogP contribution < -0.4 is 15.5 Å². The number of rotatable bonds is 5. The quantitative estimate of drug-likeness (QED) is 0.885. The molecule has 2 N–H and O–H groups in total. The molecule has 0 atom stereocenters. The van der Waals surface area contributed by atoms with Gasteiger partial charge in [0, 0.05) is 37.9 Å². The van der Waals surface area contributed by atoms with Gasteiger partial charge in [-0.2, -0.15) is 0 Å². The van der Waals surface area contributed by atoms with Gasteiger partial charge in [0.25, 0.3) is 0 Å². The monoisotopic (exact) mass is 328 g/mol. The van der Waals surface area contributed by atoms with Gasteiger partial charge in [-0.15, -0.1) is 0 Å². The van der Waals surface area contributed by atoms with Crippen LogP contribution in [0.3, 0.4) is 0 Å². The highest BCUT2D eigenvalue weighted by Gasteiger charge is 2.16. The minimum atomic E-state index is -0.203. The highest BCUT2D eigenvalue weighted by molar-refractivity contribution is 5.73. The Labute approximate surface area is 142 Å². The Bertz CT molecular complexity index is 632. The SMILES string of the molecule is CC1CCN(c2ccc(CNC(=O)NCc3ccoc3)cn2)CC1. The molecule has 1 fully saturated rings. The normalized spacial score (nSPS) is 15.3. The first kappa shape index (κ1) is 16.4. The van der Waals surface area contributed by atoms with Crippen LogP contribution in [0.25, 0.3) is 0 Å². The molecule has 0 saturated carbocycles. The van der Waals surface area contributed by atoms with Gasteiger partial charge in [0.1, 0.15) is 5.82 Å². The number of pyridine rings is 1. The lowest BCUT2D eigenvalue weighted by Crippen LogP contribution is -2.34. The lowest BCUT2D eigenvalue weighted by Gasteiger charge is -2.31. The molecular formula is C18H24N4O2. The molecule has 24 heavy (non-hydrogen) atoms. The van der Waals surface area contributed by atoms with Gasteiger partial charge in [0.15, 0.2) is 0 Å². The zero-order chi connectivity index (χ0) is 16.8. The van der Waals surface area contributed by atoms with Crippen molar-refractivity contribution in [2.45, 2.75) is 32.9 Å². The van der Waals surface area contributed by atoms with Crippen LogP contribution in [0.2, 0.25) is 0 Å². The van der Waals surface area contributed by atoms with Gasteiger partial charge in [-0.05, 0) is 36.5 Å². The molecule has 1 aliphatic heterocycles. The van der Waals surface area contributed by atoms with E-state index >= 15 is 0 Å². The summed E-state index contributed by atoms with van der Waals surface area (Å²) in [4.78, 5) is 18.6. The maximum Gasteiger partial charge on any atom is 0.315 e. The standard InChI is InChI=1S/C18H24N4O2/c1-14-4-7-22(8-5-14)17-3-2-15(10-19-17)11-20-18(23)21-12-16-6-9-24-13-16/h2-3,6,9-10,13-14H,4-5,7-8,11-12H2,1H3,(H2,20,21,23). The smallest absolute Gasteiger partial charge is 0.315 e. The summed E-state index contributed by atoms with van der Waals surface area (Å²) in [6.07, 6.45) is 7.49. The zero-order valence-corrected chi connectivity index (χ0v) is 14.0.